The molecule has 10 heteroatoms. The van der Waals surface area contributed by atoms with Crippen LogP contribution in [0.3, 0.4) is 0 Å². The molecule has 0 spiro atoms. The van der Waals surface area contributed by atoms with Gasteiger partial charge in [-0.1, -0.05) is 0 Å². The molecular formula is C11H16Cl2N4O3P. The van der Waals surface area contributed by atoms with Gasteiger partial charge in [-0.15, -0.1) is 23.2 Å². The molecular weight excluding hydrogens is 338 g/mol. The number of alkyl halides is 2. The van der Waals surface area contributed by atoms with Gasteiger partial charge >= 0.3 is 0 Å². The van der Waals surface area contributed by atoms with Crippen molar-refractivity contribution in [3.05, 3.63) is 33.9 Å². The summed E-state index contributed by atoms with van der Waals surface area (Å²) in [5.74, 6) is 0.703. The minimum Gasteiger partial charge on any atom is -0.338 e. The number of non-ortho nitro benzene ring substituents is 1. The number of hydrogen-bond donors (Lipinski definition) is 3. The summed E-state index contributed by atoms with van der Waals surface area (Å²) in [5.41, 5.74) is 1.41. The average Bonchev–Trinajstić information content (AvgIpc) is 2.46. The number of rotatable bonds is 6. The summed E-state index contributed by atoms with van der Waals surface area (Å²) in [6.07, 6.45) is 0. The minimum absolute atomic E-state index is 0.0177. The highest BCUT2D eigenvalue weighted by Crippen LogP contribution is 2.56. The van der Waals surface area contributed by atoms with Gasteiger partial charge in [0, 0.05) is 43.5 Å². The summed E-state index contributed by atoms with van der Waals surface area (Å²) in [4.78, 5) is 21.2. The van der Waals surface area contributed by atoms with Crippen molar-refractivity contribution in [1.29, 1.82) is 0 Å². The third kappa shape index (κ3) is 3.74. The molecule has 1 heterocycles. The van der Waals surface area contributed by atoms with Gasteiger partial charge in [0.15, 0.2) is 0 Å². The zero-order valence-corrected chi connectivity index (χ0v) is 13.5. The molecule has 21 heavy (non-hydrogen) atoms. The van der Waals surface area contributed by atoms with Crippen molar-refractivity contribution in [2.24, 2.45) is 0 Å². The molecule has 1 aromatic carbocycles. The molecule has 1 atom stereocenters. The molecule has 2 rings (SSSR count). The molecule has 1 aromatic rings. The summed E-state index contributed by atoms with van der Waals surface area (Å²) >= 11 is 11.5. The Labute approximate surface area is 133 Å². The Morgan fingerprint density at radius 2 is 2.05 bits per heavy atom. The molecule has 0 saturated heterocycles. The van der Waals surface area contributed by atoms with Crippen LogP contribution in [-0.2, 0) is 6.54 Å². The maximum absolute atomic E-state index is 10.9. The first-order valence-electron chi connectivity index (χ1n) is 6.30. The molecule has 0 bridgehead atoms. The third-order valence-electron chi connectivity index (χ3n) is 3.17. The van der Waals surface area contributed by atoms with Crippen LogP contribution < -0.4 is 10.2 Å². The van der Waals surface area contributed by atoms with Gasteiger partial charge in [-0.25, -0.2) is 9.76 Å². The minimum atomic E-state index is -2.85. The van der Waals surface area contributed by atoms with Gasteiger partial charge in [0.1, 0.15) is 0 Å². The van der Waals surface area contributed by atoms with Crippen LogP contribution >= 0.6 is 31.1 Å². The molecule has 0 saturated carbocycles. The predicted octanol–water partition coefficient (Wildman–Crippen LogP) is 2.56. The number of halogens is 2. The largest absolute Gasteiger partial charge is 0.338 e. The van der Waals surface area contributed by atoms with Crippen molar-refractivity contribution < 1.29 is 9.82 Å². The van der Waals surface area contributed by atoms with Crippen molar-refractivity contribution in [3.8, 4) is 0 Å². The second kappa shape index (κ2) is 7.05. The molecule has 0 fully saturated rings. The Kier molecular flexibility index (Phi) is 5.60. The number of nitrogens with one attached hydrogen (secondary N) is 2. The lowest BCUT2D eigenvalue weighted by Gasteiger charge is -2.44. The van der Waals surface area contributed by atoms with Crippen LogP contribution in [0.5, 0.6) is 0 Å². The predicted molar refractivity (Wildman–Crippen MR) is 85.7 cm³/mol. The topological polar surface area (TPSA) is 90.7 Å². The Bertz CT molecular complexity index is 530. The number of nitrogens with zero attached hydrogens (tertiary/aromatic N) is 2. The maximum Gasteiger partial charge on any atom is 0.271 e. The van der Waals surface area contributed by atoms with Crippen LogP contribution in [0.1, 0.15) is 5.56 Å². The second-order valence-corrected chi connectivity index (χ2v) is 7.54. The van der Waals surface area contributed by atoms with Crippen molar-refractivity contribution in [2.45, 2.75) is 6.54 Å². The van der Waals surface area contributed by atoms with E-state index in [1.165, 1.54) is 12.1 Å². The highest BCUT2D eigenvalue weighted by molar-refractivity contribution is 7.67. The zero-order chi connectivity index (χ0) is 15.5. The first-order valence-corrected chi connectivity index (χ1v) is 9.06. The second-order valence-electron chi connectivity index (χ2n) is 4.48. The Balaban J connectivity index is 2.26. The molecule has 1 aliphatic rings. The Hall–Kier alpha value is -0.690. The van der Waals surface area contributed by atoms with Crippen LogP contribution in [0.15, 0.2) is 18.2 Å². The summed E-state index contributed by atoms with van der Waals surface area (Å²) in [6, 6.07) is 4.55. The molecule has 117 valence electrons. The van der Waals surface area contributed by atoms with E-state index in [0.29, 0.717) is 37.1 Å². The van der Waals surface area contributed by atoms with E-state index in [2.05, 4.69) is 10.2 Å². The number of nitro groups is 1. The fourth-order valence-corrected chi connectivity index (χ4v) is 4.88. The van der Waals surface area contributed by atoms with Crippen molar-refractivity contribution >= 4 is 42.5 Å². The van der Waals surface area contributed by atoms with E-state index in [9.17, 15) is 15.0 Å². The first-order chi connectivity index (χ1) is 10.00. The first kappa shape index (κ1) is 16.7. The standard InChI is InChI=1S/C11H16Cl2N4O3P/c12-3-5-16(6-4-13)21(20)14-8-9-1-2-10(17(18)19)7-11(9)15-21/h1-2,7,14-15,20H,3-6,8H2. The van der Waals surface area contributed by atoms with Crippen LogP contribution in [0.2, 0.25) is 0 Å². The highest BCUT2D eigenvalue weighted by atomic mass is 35.5. The number of hydrogen-bond acceptors (Lipinski definition) is 6. The van der Waals surface area contributed by atoms with Gasteiger partial charge in [-0.3, -0.25) is 10.1 Å². The smallest absolute Gasteiger partial charge is 0.271 e. The molecule has 3 N–H and O–H groups in total. The van der Waals surface area contributed by atoms with Gasteiger partial charge in [-0.05, 0) is 11.6 Å². The molecule has 0 amide bonds. The van der Waals surface area contributed by atoms with E-state index >= 15 is 0 Å². The van der Waals surface area contributed by atoms with Crippen molar-refractivity contribution in [1.82, 2.24) is 9.76 Å². The quantitative estimate of drug-likeness (QED) is 0.315. The molecule has 0 aliphatic carbocycles. The lowest BCUT2D eigenvalue weighted by molar-refractivity contribution is -0.384. The number of benzene rings is 1. The van der Waals surface area contributed by atoms with Crippen LogP contribution in [0, 0.1) is 10.1 Å². The van der Waals surface area contributed by atoms with E-state index in [0.717, 1.165) is 5.56 Å². The van der Waals surface area contributed by atoms with Crippen LogP contribution in [0.4, 0.5) is 11.4 Å². The molecule has 1 unspecified atom stereocenters. The van der Waals surface area contributed by atoms with Gasteiger partial charge < -0.3 is 9.98 Å². The maximum atomic E-state index is 10.9. The number of anilines is 1. The van der Waals surface area contributed by atoms with Crippen LogP contribution in [0.25, 0.3) is 0 Å². The SMILES string of the molecule is O=[N+]([O-])c1ccc2c(c1)N[P](O)(N(CCCl)CCCl)NC2. The summed E-state index contributed by atoms with van der Waals surface area (Å²) in [6.45, 7) is 1.34. The number of fused-ring (bicyclic) bond motifs is 1. The highest BCUT2D eigenvalue weighted by Gasteiger charge is 2.36. The fraction of sp³-hybridized carbons (Fsp3) is 0.455. The molecule has 0 aromatic heterocycles. The van der Waals surface area contributed by atoms with E-state index in [4.69, 9.17) is 23.2 Å². The summed E-state index contributed by atoms with van der Waals surface area (Å²) in [7, 11) is -2.85. The lowest BCUT2D eigenvalue weighted by atomic mass is 10.1. The van der Waals surface area contributed by atoms with Gasteiger partial charge in [0.05, 0.1) is 10.6 Å². The monoisotopic (exact) mass is 353 g/mol. The van der Waals surface area contributed by atoms with E-state index in [1.54, 1.807) is 10.7 Å². The van der Waals surface area contributed by atoms with E-state index in [-0.39, 0.29) is 5.69 Å². The van der Waals surface area contributed by atoms with E-state index < -0.39 is 12.9 Å². The summed E-state index contributed by atoms with van der Waals surface area (Å²) < 4.78 is 1.76. The van der Waals surface area contributed by atoms with Gasteiger partial charge in [-0.2, -0.15) is 0 Å². The lowest BCUT2D eigenvalue weighted by Crippen LogP contribution is -2.41. The molecule has 1 radical (unpaired) electrons. The van der Waals surface area contributed by atoms with Crippen molar-refractivity contribution in [2.75, 3.05) is 29.9 Å². The normalized spacial score (nSPS) is 21.0. The summed E-state index contributed by atoms with van der Waals surface area (Å²) in [5, 5.41) is 16.9. The third-order valence-corrected chi connectivity index (χ3v) is 5.87. The van der Waals surface area contributed by atoms with Crippen LogP contribution in [-0.4, -0.2) is 39.3 Å². The fourth-order valence-electron chi connectivity index (χ4n) is 2.11. The van der Waals surface area contributed by atoms with Gasteiger partial charge in [0.2, 0.25) is 7.94 Å². The number of nitro benzene ring substituents is 1. The average molecular weight is 354 g/mol. The Morgan fingerprint density at radius 3 is 2.62 bits per heavy atom. The molecule has 7 nitrogen and oxygen atoms in total. The Morgan fingerprint density at radius 1 is 1.38 bits per heavy atom. The van der Waals surface area contributed by atoms with Crippen molar-refractivity contribution in [3.63, 3.8) is 0 Å². The zero-order valence-electron chi connectivity index (χ0n) is 11.1. The van der Waals surface area contributed by atoms with E-state index in [1.807, 2.05) is 0 Å². The van der Waals surface area contributed by atoms with Gasteiger partial charge in [0.25, 0.3) is 5.69 Å². The molecule has 1 aliphatic heterocycles.